The zero-order chi connectivity index (χ0) is 31.6. The molecule has 0 bridgehead atoms. The number of ether oxygens (including phenoxy) is 1. The van der Waals surface area contributed by atoms with E-state index in [1.165, 1.54) is 24.5 Å². The number of benzene rings is 1. The third kappa shape index (κ3) is 6.90. The van der Waals surface area contributed by atoms with E-state index in [0.717, 1.165) is 29.8 Å². The summed E-state index contributed by atoms with van der Waals surface area (Å²) in [5.41, 5.74) is -0.680. The number of alkyl halides is 3. The Labute approximate surface area is 253 Å². The Balaban J connectivity index is 1.60. The molecule has 4 heterocycles. The first-order valence-corrected chi connectivity index (χ1v) is 14.6. The molecule has 3 aromatic heterocycles. The maximum absolute atomic E-state index is 13.4. The second kappa shape index (κ2) is 12.7. The van der Waals surface area contributed by atoms with E-state index in [1.54, 1.807) is 30.5 Å². The molecule has 232 valence electrons. The van der Waals surface area contributed by atoms with Gasteiger partial charge in [-0.1, -0.05) is 6.07 Å². The minimum absolute atomic E-state index is 0.0179. The molecule has 0 aliphatic carbocycles. The number of thiazole rings is 1. The smallest absolute Gasteiger partial charge is 0.434 e. The molecule has 0 spiro atoms. The third-order valence-corrected chi connectivity index (χ3v) is 7.85. The zero-order valence-corrected chi connectivity index (χ0v) is 24.6. The van der Waals surface area contributed by atoms with Crippen molar-refractivity contribution in [2.24, 2.45) is 0 Å². The van der Waals surface area contributed by atoms with E-state index in [-0.39, 0.29) is 27.8 Å². The summed E-state index contributed by atoms with van der Waals surface area (Å²) in [5, 5.41) is 16.0. The number of carboxylic acid groups (broad SMARTS) is 1. The number of fused-ring (bicyclic) bond motifs is 1. The number of nitrogens with zero attached hydrogens (tertiary/aromatic N) is 4. The van der Waals surface area contributed by atoms with E-state index in [1.807, 2.05) is 0 Å². The van der Waals surface area contributed by atoms with Gasteiger partial charge < -0.3 is 19.7 Å². The van der Waals surface area contributed by atoms with Crippen LogP contribution in [0.2, 0.25) is 0 Å². The lowest BCUT2D eigenvalue weighted by Gasteiger charge is -2.27. The predicted octanol–water partition coefficient (Wildman–Crippen LogP) is 4.77. The number of aromatic carboxylic acids is 1. The number of halogens is 3. The van der Waals surface area contributed by atoms with Crippen molar-refractivity contribution in [1.82, 2.24) is 24.8 Å². The van der Waals surface area contributed by atoms with Crippen molar-refractivity contribution in [3.8, 4) is 21.7 Å². The Morgan fingerprint density at radius 2 is 1.89 bits per heavy atom. The summed E-state index contributed by atoms with van der Waals surface area (Å²) < 4.78 is 47.4. The molecule has 1 aromatic carbocycles. The van der Waals surface area contributed by atoms with Gasteiger partial charge in [-0.25, -0.2) is 19.6 Å². The Morgan fingerprint density at radius 3 is 2.55 bits per heavy atom. The second-order valence-electron chi connectivity index (χ2n) is 10.5. The number of anilines is 1. The van der Waals surface area contributed by atoms with Crippen LogP contribution in [0.3, 0.4) is 0 Å². The number of nitrogens with one attached hydrogen (secondary N) is 2. The van der Waals surface area contributed by atoms with Gasteiger partial charge in [-0.3, -0.25) is 15.0 Å². The van der Waals surface area contributed by atoms with Crippen LogP contribution in [-0.4, -0.2) is 75.4 Å². The SMILES string of the molecule is CC(C)NC(=O)Nc1cc(-c2nc(C(F)(F)F)cs2)c(-c2ccc3c(c2)c(=O)c(C(=O)O)cn3CCN2CCOCC2)cn1. The van der Waals surface area contributed by atoms with Crippen molar-refractivity contribution in [3.63, 3.8) is 0 Å². The van der Waals surface area contributed by atoms with E-state index >= 15 is 0 Å². The van der Waals surface area contributed by atoms with Crippen molar-refractivity contribution >= 4 is 40.1 Å². The van der Waals surface area contributed by atoms with Gasteiger partial charge in [-0.2, -0.15) is 13.2 Å². The molecular weight excluding hydrogens is 601 g/mol. The quantitative estimate of drug-likeness (QED) is 0.253. The van der Waals surface area contributed by atoms with E-state index in [9.17, 15) is 32.7 Å². The first-order valence-electron chi connectivity index (χ1n) is 13.7. The van der Waals surface area contributed by atoms with Crippen molar-refractivity contribution in [3.05, 3.63) is 63.5 Å². The number of urea groups is 1. The van der Waals surface area contributed by atoms with Gasteiger partial charge in [0.15, 0.2) is 5.69 Å². The van der Waals surface area contributed by atoms with Crippen molar-refractivity contribution in [2.45, 2.75) is 32.6 Å². The number of amides is 2. The molecule has 1 saturated heterocycles. The van der Waals surface area contributed by atoms with Crippen LogP contribution < -0.4 is 16.1 Å². The monoisotopic (exact) mass is 630 g/mol. The number of rotatable bonds is 8. The molecule has 1 aliphatic heterocycles. The molecule has 44 heavy (non-hydrogen) atoms. The van der Waals surface area contributed by atoms with Gasteiger partial charge in [-0.15, -0.1) is 11.3 Å². The Kier molecular flexibility index (Phi) is 8.99. The van der Waals surface area contributed by atoms with Gasteiger partial charge in [0.1, 0.15) is 16.4 Å². The molecule has 1 aliphatic rings. The van der Waals surface area contributed by atoms with E-state index in [4.69, 9.17) is 4.74 Å². The van der Waals surface area contributed by atoms with Crippen LogP contribution >= 0.6 is 11.3 Å². The Morgan fingerprint density at radius 1 is 1.14 bits per heavy atom. The van der Waals surface area contributed by atoms with Crippen LogP contribution in [0.15, 0.2) is 46.8 Å². The topological polar surface area (TPSA) is 139 Å². The van der Waals surface area contributed by atoms with Crippen molar-refractivity contribution in [1.29, 1.82) is 0 Å². The van der Waals surface area contributed by atoms with Crippen LogP contribution in [0.1, 0.15) is 29.9 Å². The minimum Gasteiger partial charge on any atom is -0.477 e. The highest BCUT2D eigenvalue weighted by Crippen LogP contribution is 2.39. The third-order valence-electron chi connectivity index (χ3n) is 6.97. The molecule has 11 nitrogen and oxygen atoms in total. The highest BCUT2D eigenvalue weighted by atomic mass is 32.1. The van der Waals surface area contributed by atoms with Crippen molar-refractivity contribution in [2.75, 3.05) is 38.2 Å². The van der Waals surface area contributed by atoms with E-state index in [0.29, 0.717) is 42.9 Å². The van der Waals surface area contributed by atoms with E-state index in [2.05, 4.69) is 25.5 Å². The van der Waals surface area contributed by atoms with Crippen LogP contribution in [0.4, 0.5) is 23.8 Å². The van der Waals surface area contributed by atoms with Gasteiger partial charge in [0, 0.05) is 66.5 Å². The molecule has 0 atom stereocenters. The fourth-order valence-corrected chi connectivity index (χ4v) is 5.71. The maximum Gasteiger partial charge on any atom is 0.434 e. The molecule has 4 aromatic rings. The summed E-state index contributed by atoms with van der Waals surface area (Å²) in [5.74, 6) is -1.30. The summed E-state index contributed by atoms with van der Waals surface area (Å²) in [7, 11) is 0. The Bertz CT molecular complexity index is 1760. The number of carbonyl (C=O) groups is 2. The number of aromatic nitrogens is 3. The lowest BCUT2D eigenvalue weighted by Crippen LogP contribution is -2.38. The average Bonchev–Trinajstić information content (AvgIpc) is 3.48. The van der Waals surface area contributed by atoms with Crippen molar-refractivity contribution < 1.29 is 32.6 Å². The van der Waals surface area contributed by atoms with Gasteiger partial charge in [-0.05, 0) is 37.6 Å². The minimum atomic E-state index is -4.66. The molecule has 2 amide bonds. The zero-order valence-electron chi connectivity index (χ0n) is 23.8. The number of carbonyl (C=O) groups excluding carboxylic acids is 1. The summed E-state index contributed by atoms with van der Waals surface area (Å²) in [6.07, 6.45) is -1.96. The second-order valence-corrected chi connectivity index (χ2v) is 11.3. The number of hydrogen-bond acceptors (Lipinski definition) is 8. The average molecular weight is 631 g/mol. The molecule has 0 unspecified atom stereocenters. The summed E-state index contributed by atoms with van der Waals surface area (Å²) >= 11 is 0.768. The molecular formula is C29H29F3N6O5S. The molecule has 3 N–H and O–H groups in total. The van der Waals surface area contributed by atoms with Crippen LogP contribution in [0.25, 0.3) is 32.6 Å². The molecule has 0 radical (unpaired) electrons. The van der Waals surface area contributed by atoms with Gasteiger partial charge in [0.05, 0.1) is 18.7 Å². The van der Waals surface area contributed by atoms with Gasteiger partial charge in [0.2, 0.25) is 5.43 Å². The van der Waals surface area contributed by atoms with Crippen LogP contribution in [0.5, 0.6) is 0 Å². The van der Waals surface area contributed by atoms with Gasteiger partial charge >= 0.3 is 18.2 Å². The summed E-state index contributed by atoms with van der Waals surface area (Å²) in [6, 6.07) is 5.55. The number of pyridine rings is 2. The first-order chi connectivity index (χ1) is 20.9. The normalized spacial score (nSPS) is 14.2. The van der Waals surface area contributed by atoms with E-state index < -0.39 is 34.9 Å². The molecule has 5 rings (SSSR count). The Hall–Kier alpha value is -4.34. The lowest BCUT2D eigenvalue weighted by atomic mass is 9.99. The number of carboxylic acids is 1. The maximum atomic E-state index is 13.4. The fourth-order valence-electron chi connectivity index (χ4n) is 4.85. The lowest BCUT2D eigenvalue weighted by molar-refractivity contribution is -0.140. The highest BCUT2D eigenvalue weighted by molar-refractivity contribution is 7.13. The summed E-state index contributed by atoms with van der Waals surface area (Å²) in [4.78, 5) is 47.9. The van der Waals surface area contributed by atoms with Crippen LogP contribution in [0, 0.1) is 0 Å². The molecule has 0 saturated carbocycles. The molecule has 1 fully saturated rings. The van der Waals surface area contributed by atoms with Crippen LogP contribution in [-0.2, 0) is 17.5 Å². The first kappa shape index (κ1) is 31.1. The predicted molar refractivity (Wildman–Crippen MR) is 159 cm³/mol. The van der Waals surface area contributed by atoms with Gasteiger partial charge in [0.25, 0.3) is 0 Å². The number of hydrogen-bond donors (Lipinski definition) is 3. The highest BCUT2D eigenvalue weighted by Gasteiger charge is 2.34. The summed E-state index contributed by atoms with van der Waals surface area (Å²) in [6.45, 7) is 7.24. The largest absolute Gasteiger partial charge is 0.477 e. The number of morpholine rings is 1. The molecule has 15 heteroatoms. The standard InChI is InChI=1S/C29H29F3N6O5S/c1-16(2)34-28(42)36-24-12-18(26-35-23(15-44-26)29(30,31)32)20(13-33-24)17-3-4-22-19(11-17)25(39)21(27(40)41)14-38(22)6-5-37-7-9-43-10-8-37/h3-4,11-16H,5-10H2,1-2H3,(H,40,41)(H2,33,34,36,42). The fraction of sp³-hybridized carbons (Fsp3) is 0.345.